The average molecular weight is 308 g/mol. The van der Waals surface area contributed by atoms with E-state index < -0.39 is 0 Å². The van der Waals surface area contributed by atoms with E-state index >= 15 is 0 Å². The van der Waals surface area contributed by atoms with Crippen molar-refractivity contribution < 1.29 is 0 Å². The predicted molar refractivity (Wildman–Crippen MR) is 89.1 cm³/mol. The zero-order valence-electron chi connectivity index (χ0n) is 13.4. The fraction of sp³-hybridized carbons (Fsp3) is 0.412. The molecule has 4 rings (SSSR count). The smallest absolute Gasteiger partial charge is 0.151 e. The summed E-state index contributed by atoms with van der Waals surface area (Å²) in [6.45, 7) is 4.14. The quantitative estimate of drug-likeness (QED) is 0.756. The Hall–Kier alpha value is -2.50. The highest BCUT2D eigenvalue weighted by molar-refractivity contribution is 5.90. The molecule has 1 atom stereocenters. The summed E-state index contributed by atoms with van der Waals surface area (Å²) in [5.74, 6) is 2.30. The molecule has 6 heteroatoms. The number of aromatic nitrogens is 5. The van der Waals surface area contributed by atoms with Crippen LogP contribution in [0, 0.1) is 12.8 Å². The van der Waals surface area contributed by atoms with Gasteiger partial charge in [0.15, 0.2) is 5.82 Å². The highest BCUT2D eigenvalue weighted by atomic mass is 15.1. The third-order valence-electron chi connectivity index (χ3n) is 4.41. The predicted octanol–water partition coefficient (Wildman–Crippen LogP) is 3.18. The van der Waals surface area contributed by atoms with Crippen LogP contribution in [0.2, 0.25) is 0 Å². The molecule has 1 aliphatic rings. The molecule has 1 unspecified atom stereocenters. The van der Waals surface area contributed by atoms with Crippen LogP contribution in [0.25, 0.3) is 11.0 Å². The maximum absolute atomic E-state index is 4.62. The molecular weight excluding hydrogens is 288 g/mol. The minimum atomic E-state index is 0.104. The number of H-pyrrole nitrogens is 1. The van der Waals surface area contributed by atoms with Crippen molar-refractivity contribution in [2.45, 2.75) is 39.2 Å². The van der Waals surface area contributed by atoms with Gasteiger partial charge in [0.2, 0.25) is 0 Å². The van der Waals surface area contributed by atoms with Gasteiger partial charge in [-0.3, -0.25) is 0 Å². The molecule has 2 N–H and O–H groups in total. The summed E-state index contributed by atoms with van der Waals surface area (Å²) in [7, 11) is 0. The van der Waals surface area contributed by atoms with Crippen LogP contribution in [-0.4, -0.2) is 24.9 Å². The number of nitrogens with zero attached hydrogens (tertiary/aromatic N) is 4. The molecule has 1 fully saturated rings. The van der Waals surface area contributed by atoms with Gasteiger partial charge >= 0.3 is 0 Å². The van der Waals surface area contributed by atoms with Crippen LogP contribution in [-0.2, 0) is 6.42 Å². The molecule has 0 aliphatic heterocycles. The Bertz CT molecular complexity index is 836. The van der Waals surface area contributed by atoms with E-state index in [1.807, 2.05) is 25.4 Å². The molecule has 1 saturated carbocycles. The molecule has 0 radical (unpaired) electrons. The van der Waals surface area contributed by atoms with Gasteiger partial charge in [0, 0.05) is 18.1 Å². The Kier molecular flexibility index (Phi) is 3.44. The van der Waals surface area contributed by atoms with Crippen LogP contribution in [0.3, 0.4) is 0 Å². The summed E-state index contributed by atoms with van der Waals surface area (Å²) in [5, 5.41) is 4.67. The van der Waals surface area contributed by atoms with Crippen molar-refractivity contribution in [3.05, 3.63) is 41.9 Å². The summed E-state index contributed by atoms with van der Waals surface area (Å²) in [4.78, 5) is 21.1. The van der Waals surface area contributed by atoms with E-state index in [9.17, 15) is 0 Å². The van der Waals surface area contributed by atoms with Crippen molar-refractivity contribution in [1.82, 2.24) is 24.9 Å². The van der Waals surface area contributed by atoms with Gasteiger partial charge in [0.05, 0.1) is 11.4 Å². The van der Waals surface area contributed by atoms with Crippen LogP contribution < -0.4 is 5.32 Å². The van der Waals surface area contributed by atoms with Crippen molar-refractivity contribution in [3.63, 3.8) is 0 Å². The van der Waals surface area contributed by atoms with Gasteiger partial charge in [-0.1, -0.05) is 6.92 Å². The van der Waals surface area contributed by atoms with E-state index in [0.717, 1.165) is 34.8 Å². The number of anilines is 1. The largest absolute Gasteiger partial charge is 0.359 e. The minimum absolute atomic E-state index is 0.104. The van der Waals surface area contributed by atoms with E-state index in [0.29, 0.717) is 5.92 Å². The first kappa shape index (κ1) is 14.1. The average Bonchev–Trinajstić information content (AvgIpc) is 3.31. The van der Waals surface area contributed by atoms with E-state index in [2.05, 4.69) is 37.2 Å². The Balaban J connectivity index is 1.74. The Labute approximate surface area is 134 Å². The molecule has 0 amide bonds. The van der Waals surface area contributed by atoms with Crippen LogP contribution in [0.15, 0.2) is 24.8 Å². The number of aryl methyl sites for hydroxylation is 2. The second-order valence-electron chi connectivity index (χ2n) is 6.13. The Morgan fingerprint density at radius 2 is 2.17 bits per heavy atom. The normalized spacial score (nSPS) is 15.7. The summed E-state index contributed by atoms with van der Waals surface area (Å²) >= 11 is 0. The molecule has 6 nitrogen and oxygen atoms in total. The van der Waals surface area contributed by atoms with Gasteiger partial charge in [-0.25, -0.2) is 19.9 Å². The molecular formula is C17H20N6. The van der Waals surface area contributed by atoms with Crippen molar-refractivity contribution in [2.75, 3.05) is 5.32 Å². The Morgan fingerprint density at radius 1 is 1.30 bits per heavy atom. The molecule has 0 spiro atoms. The third kappa shape index (κ3) is 2.65. The molecule has 3 aromatic rings. The summed E-state index contributed by atoms with van der Waals surface area (Å²) < 4.78 is 0. The highest BCUT2D eigenvalue weighted by Gasteiger charge is 2.35. The second kappa shape index (κ2) is 5.61. The minimum Gasteiger partial charge on any atom is -0.359 e. The lowest BCUT2D eigenvalue weighted by Crippen LogP contribution is -2.17. The van der Waals surface area contributed by atoms with E-state index in [1.165, 1.54) is 18.4 Å². The van der Waals surface area contributed by atoms with Crippen molar-refractivity contribution in [1.29, 1.82) is 0 Å². The van der Waals surface area contributed by atoms with Crippen LogP contribution in [0.5, 0.6) is 0 Å². The molecule has 1 aliphatic carbocycles. The third-order valence-corrected chi connectivity index (χ3v) is 4.41. The van der Waals surface area contributed by atoms with E-state index in [1.54, 1.807) is 6.33 Å². The number of nitrogens with one attached hydrogen (secondary N) is 2. The van der Waals surface area contributed by atoms with E-state index in [4.69, 9.17) is 0 Å². The molecule has 23 heavy (non-hydrogen) atoms. The maximum atomic E-state index is 4.62. The summed E-state index contributed by atoms with van der Waals surface area (Å²) in [6, 6.07) is 2.03. The lowest BCUT2D eigenvalue weighted by atomic mass is 10.1. The van der Waals surface area contributed by atoms with Crippen LogP contribution in [0.1, 0.15) is 42.9 Å². The molecule has 0 bridgehead atoms. The van der Waals surface area contributed by atoms with Crippen LogP contribution >= 0.6 is 0 Å². The molecule has 0 saturated heterocycles. The Morgan fingerprint density at radius 3 is 2.91 bits per heavy atom. The first-order valence-corrected chi connectivity index (χ1v) is 8.13. The van der Waals surface area contributed by atoms with E-state index in [-0.39, 0.29) is 6.04 Å². The van der Waals surface area contributed by atoms with Crippen molar-refractivity contribution >= 4 is 16.9 Å². The van der Waals surface area contributed by atoms with Crippen molar-refractivity contribution in [3.8, 4) is 0 Å². The number of fused-ring (bicyclic) bond motifs is 1. The highest BCUT2D eigenvalue weighted by Crippen LogP contribution is 2.42. The van der Waals surface area contributed by atoms with Crippen molar-refractivity contribution in [2.24, 2.45) is 5.92 Å². The van der Waals surface area contributed by atoms with Crippen LogP contribution in [0.4, 0.5) is 5.82 Å². The first-order chi connectivity index (χ1) is 11.3. The first-order valence-electron chi connectivity index (χ1n) is 8.13. The zero-order valence-corrected chi connectivity index (χ0v) is 13.4. The molecule has 3 aromatic heterocycles. The topological polar surface area (TPSA) is 79.4 Å². The lowest BCUT2D eigenvalue weighted by molar-refractivity contribution is 0.629. The molecule has 3 heterocycles. The van der Waals surface area contributed by atoms with Gasteiger partial charge < -0.3 is 10.3 Å². The second-order valence-corrected chi connectivity index (χ2v) is 6.13. The van der Waals surface area contributed by atoms with Gasteiger partial charge in [-0.15, -0.1) is 0 Å². The number of hydrogen-bond donors (Lipinski definition) is 2. The summed E-state index contributed by atoms with van der Waals surface area (Å²) in [6.07, 6.45) is 8.80. The van der Waals surface area contributed by atoms with Gasteiger partial charge in [-0.05, 0) is 43.7 Å². The SMILES string of the molecule is CCc1c[nH]c2ncnc(NC(c3nccc(C)n3)C3CC3)c12. The van der Waals surface area contributed by atoms with Gasteiger partial charge in [0.25, 0.3) is 0 Å². The number of hydrogen-bond acceptors (Lipinski definition) is 5. The lowest BCUT2D eigenvalue weighted by Gasteiger charge is -2.18. The number of rotatable bonds is 5. The fourth-order valence-electron chi connectivity index (χ4n) is 3.00. The standard InChI is InChI=1S/C17H20N6/c1-3-11-8-19-15-13(11)16(21-9-20-15)23-14(12-4-5-12)17-18-7-6-10(2)22-17/h6-9,12,14H,3-5H2,1-2H3,(H2,19,20,21,23). The summed E-state index contributed by atoms with van der Waals surface area (Å²) in [5.41, 5.74) is 3.09. The fourth-order valence-corrected chi connectivity index (χ4v) is 3.00. The zero-order chi connectivity index (χ0) is 15.8. The van der Waals surface area contributed by atoms with Gasteiger partial charge in [0.1, 0.15) is 17.8 Å². The van der Waals surface area contributed by atoms with Gasteiger partial charge in [-0.2, -0.15) is 0 Å². The number of aromatic amines is 1. The molecule has 0 aromatic carbocycles. The maximum Gasteiger partial charge on any atom is 0.151 e. The monoisotopic (exact) mass is 308 g/mol. The molecule has 118 valence electrons.